The average Bonchev–Trinajstić information content (AvgIpc) is 2.84. The Morgan fingerprint density at radius 1 is 1.15 bits per heavy atom. The van der Waals surface area contributed by atoms with Crippen LogP contribution in [0.2, 0.25) is 0 Å². The molecule has 10 heteroatoms. The molecule has 1 aromatic carbocycles. The number of rotatable bonds is 4. The molecule has 3 N–H and O–H groups in total. The zero-order valence-corrected chi connectivity index (χ0v) is 14.4. The highest BCUT2D eigenvalue weighted by Crippen LogP contribution is 2.35. The second-order valence-corrected chi connectivity index (χ2v) is 6.68. The van der Waals surface area contributed by atoms with Crippen molar-refractivity contribution in [3.05, 3.63) is 29.8 Å². The minimum absolute atomic E-state index is 0.334. The molecule has 0 bridgehead atoms. The highest BCUT2D eigenvalue weighted by molar-refractivity contribution is 6.09. The molecule has 0 atom stereocenters. The van der Waals surface area contributed by atoms with Gasteiger partial charge in [-0.05, 0) is 25.0 Å². The van der Waals surface area contributed by atoms with E-state index in [1.165, 1.54) is 12.1 Å². The van der Waals surface area contributed by atoms with E-state index in [1.807, 2.05) is 0 Å². The summed E-state index contributed by atoms with van der Waals surface area (Å²) in [7, 11) is 0. The van der Waals surface area contributed by atoms with Crippen molar-refractivity contribution in [2.45, 2.75) is 43.8 Å². The number of alkyl halides is 3. The first-order valence-electron chi connectivity index (χ1n) is 8.58. The number of hydrogen-bond acceptors (Lipinski definition) is 4. The van der Waals surface area contributed by atoms with Crippen LogP contribution in [0.1, 0.15) is 37.7 Å². The number of hydrogen-bond donors (Lipinski definition) is 3. The van der Waals surface area contributed by atoms with Crippen LogP contribution >= 0.6 is 0 Å². The van der Waals surface area contributed by atoms with E-state index in [0.717, 1.165) is 36.3 Å². The first-order chi connectivity index (χ1) is 12.7. The first kappa shape index (κ1) is 19.0. The molecule has 146 valence electrons. The zero-order valence-electron chi connectivity index (χ0n) is 14.4. The molecule has 1 aliphatic carbocycles. The van der Waals surface area contributed by atoms with Gasteiger partial charge in [0.05, 0.1) is 11.3 Å². The molecule has 0 radical (unpaired) electrons. The number of para-hydroxylation sites is 1. The standard InChI is InChI=1S/C17H19F3N4O3/c18-17(19,20)11-6-2-3-7-12(11)22-23-13(25)10-24-14(26)16(21-15(24)27)8-4-1-5-9-16/h2-3,6-7,22H,1,4-5,8-10H2,(H,21,27)(H,23,25). The van der Waals surface area contributed by atoms with Crippen LogP contribution in [0.5, 0.6) is 0 Å². The van der Waals surface area contributed by atoms with Crippen molar-refractivity contribution >= 4 is 23.5 Å². The fraction of sp³-hybridized carbons (Fsp3) is 0.471. The quantitative estimate of drug-likeness (QED) is 0.549. The van der Waals surface area contributed by atoms with E-state index < -0.39 is 41.7 Å². The van der Waals surface area contributed by atoms with Gasteiger partial charge in [0.1, 0.15) is 12.1 Å². The monoisotopic (exact) mass is 384 g/mol. The molecular weight excluding hydrogens is 365 g/mol. The third-order valence-corrected chi connectivity index (χ3v) is 4.82. The maximum Gasteiger partial charge on any atom is 0.418 e. The van der Waals surface area contributed by atoms with Crippen LogP contribution in [0.25, 0.3) is 0 Å². The van der Waals surface area contributed by atoms with Gasteiger partial charge in [0, 0.05) is 0 Å². The molecule has 1 saturated carbocycles. The maximum absolute atomic E-state index is 12.9. The Bertz CT molecular complexity index is 760. The number of nitrogens with zero attached hydrogens (tertiary/aromatic N) is 1. The van der Waals surface area contributed by atoms with E-state index in [1.54, 1.807) is 0 Å². The molecule has 7 nitrogen and oxygen atoms in total. The summed E-state index contributed by atoms with van der Waals surface area (Å²) < 4.78 is 38.8. The minimum atomic E-state index is -4.59. The molecule has 2 fully saturated rings. The predicted molar refractivity (Wildman–Crippen MR) is 89.3 cm³/mol. The Hall–Kier alpha value is -2.78. The topological polar surface area (TPSA) is 90.5 Å². The SMILES string of the molecule is O=C(CN1C(=O)NC2(CCCCC2)C1=O)NNc1ccccc1C(F)(F)F. The van der Waals surface area contributed by atoms with Gasteiger partial charge in [-0.2, -0.15) is 13.2 Å². The van der Waals surface area contributed by atoms with Gasteiger partial charge in [0.25, 0.3) is 11.8 Å². The first-order valence-corrected chi connectivity index (χ1v) is 8.58. The van der Waals surface area contributed by atoms with Crippen LogP contribution in [-0.2, 0) is 15.8 Å². The zero-order chi connectivity index (χ0) is 19.7. The van der Waals surface area contributed by atoms with E-state index in [0.29, 0.717) is 12.8 Å². The number of nitrogens with one attached hydrogen (secondary N) is 3. The van der Waals surface area contributed by atoms with Gasteiger partial charge in [0.2, 0.25) is 0 Å². The smallest absolute Gasteiger partial charge is 0.323 e. The van der Waals surface area contributed by atoms with Gasteiger partial charge < -0.3 is 5.32 Å². The number of imide groups is 1. The predicted octanol–water partition coefficient (Wildman–Crippen LogP) is 2.40. The van der Waals surface area contributed by atoms with E-state index in [2.05, 4.69) is 16.2 Å². The lowest BCUT2D eigenvalue weighted by Crippen LogP contribution is -2.49. The van der Waals surface area contributed by atoms with E-state index in [9.17, 15) is 27.6 Å². The van der Waals surface area contributed by atoms with Gasteiger partial charge >= 0.3 is 12.2 Å². The lowest BCUT2D eigenvalue weighted by molar-refractivity contribution is -0.137. The second-order valence-electron chi connectivity index (χ2n) is 6.68. The molecular formula is C17H19F3N4O3. The minimum Gasteiger partial charge on any atom is -0.323 e. The summed E-state index contributed by atoms with van der Waals surface area (Å²) in [5, 5.41) is 2.67. The lowest BCUT2D eigenvalue weighted by Gasteiger charge is -2.30. The van der Waals surface area contributed by atoms with Gasteiger partial charge in [-0.3, -0.25) is 25.3 Å². The summed E-state index contributed by atoms with van der Waals surface area (Å²) in [5.41, 5.74) is 2.08. The summed E-state index contributed by atoms with van der Waals surface area (Å²) in [6, 6.07) is 3.99. The molecule has 1 heterocycles. The Kier molecular flexibility index (Phi) is 4.99. The van der Waals surface area contributed by atoms with Crippen molar-refractivity contribution in [1.82, 2.24) is 15.6 Å². The number of hydrazine groups is 1. The number of urea groups is 1. The van der Waals surface area contributed by atoms with Gasteiger partial charge in [-0.15, -0.1) is 0 Å². The van der Waals surface area contributed by atoms with Crippen LogP contribution in [0.4, 0.5) is 23.7 Å². The lowest BCUT2D eigenvalue weighted by atomic mass is 9.82. The van der Waals surface area contributed by atoms with Crippen molar-refractivity contribution in [3.8, 4) is 0 Å². The molecule has 1 spiro atoms. The molecule has 1 aliphatic heterocycles. The van der Waals surface area contributed by atoms with Crippen LogP contribution in [0.3, 0.4) is 0 Å². The molecule has 1 saturated heterocycles. The number of carbonyl (C=O) groups is 3. The Morgan fingerprint density at radius 3 is 2.48 bits per heavy atom. The Morgan fingerprint density at radius 2 is 1.81 bits per heavy atom. The average molecular weight is 384 g/mol. The molecule has 2 aliphatic rings. The third kappa shape index (κ3) is 3.83. The third-order valence-electron chi connectivity index (χ3n) is 4.82. The van der Waals surface area contributed by atoms with Crippen LogP contribution in [-0.4, -0.2) is 34.8 Å². The fourth-order valence-electron chi connectivity index (χ4n) is 3.47. The maximum atomic E-state index is 12.9. The molecule has 3 rings (SSSR count). The summed E-state index contributed by atoms with van der Waals surface area (Å²) in [5.74, 6) is -1.26. The van der Waals surface area contributed by atoms with Crippen LogP contribution in [0, 0.1) is 0 Å². The number of benzene rings is 1. The van der Waals surface area contributed by atoms with Gasteiger partial charge in [-0.1, -0.05) is 31.4 Å². The van der Waals surface area contributed by atoms with Crippen molar-refractivity contribution in [2.75, 3.05) is 12.0 Å². The van der Waals surface area contributed by atoms with Crippen LogP contribution < -0.4 is 16.2 Å². The van der Waals surface area contributed by atoms with Crippen molar-refractivity contribution in [2.24, 2.45) is 0 Å². The molecule has 27 heavy (non-hydrogen) atoms. The molecule has 0 aromatic heterocycles. The largest absolute Gasteiger partial charge is 0.418 e. The molecule has 0 unspecified atom stereocenters. The van der Waals surface area contributed by atoms with Crippen molar-refractivity contribution in [1.29, 1.82) is 0 Å². The summed E-state index contributed by atoms with van der Waals surface area (Å²) in [6.45, 7) is -0.576. The van der Waals surface area contributed by atoms with Crippen molar-refractivity contribution < 1.29 is 27.6 Å². The Balaban J connectivity index is 1.62. The fourth-order valence-corrected chi connectivity index (χ4v) is 3.47. The Labute approximate surface area is 153 Å². The summed E-state index contributed by atoms with van der Waals surface area (Å²) in [4.78, 5) is 37.6. The van der Waals surface area contributed by atoms with Gasteiger partial charge in [-0.25, -0.2) is 4.79 Å². The normalized spacial score (nSPS) is 19.1. The second kappa shape index (κ2) is 7.09. The van der Waals surface area contributed by atoms with E-state index in [-0.39, 0.29) is 5.69 Å². The molecule has 1 aromatic rings. The number of amides is 4. The number of carbonyl (C=O) groups excluding carboxylic acids is 3. The number of halogens is 3. The molecule has 4 amide bonds. The highest BCUT2D eigenvalue weighted by atomic mass is 19.4. The summed E-state index contributed by atoms with van der Waals surface area (Å²) >= 11 is 0. The van der Waals surface area contributed by atoms with E-state index in [4.69, 9.17) is 0 Å². The van der Waals surface area contributed by atoms with E-state index >= 15 is 0 Å². The number of anilines is 1. The van der Waals surface area contributed by atoms with Crippen LogP contribution in [0.15, 0.2) is 24.3 Å². The van der Waals surface area contributed by atoms with Crippen molar-refractivity contribution in [3.63, 3.8) is 0 Å². The van der Waals surface area contributed by atoms with Gasteiger partial charge in [0.15, 0.2) is 0 Å². The summed E-state index contributed by atoms with van der Waals surface area (Å²) in [6.07, 6.45) is -0.954. The highest BCUT2D eigenvalue weighted by Gasteiger charge is 2.51.